The van der Waals surface area contributed by atoms with Gasteiger partial charge in [0.1, 0.15) is 11.2 Å². The summed E-state index contributed by atoms with van der Waals surface area (Å²) < 4.78 is 14.1. The Balaban J connectivity index is 1.77. The molecule has 1 aliphatic heterocycles. The van der Waals surface area contributed by atoms with Crippen molar-refractivity contribution in [3.63, 3.8) is 0 Å². The van der Waals surface area contributed by atoms with Crippen molar-refractivity contribution in [2.45, 2.75) is 52.8 Å². The number of amides is 2. The standard InChI is InChI=1S/C25H31FN2O2S/c1-16(14-25(3,4)5)12-22(29)27-19-9-6-8-18(13-19)24-28(23(30)15-31-24)21-11-7-10-20(26)17(21)2/h6-11,13,16,24H,12,14-15H2,1-5H3,(H,27,29). The van der Waals surface area contributed by atoms with E-state index in [0.29, 0.717) is 29.1 Å². The van der Waals surface area contributed by atoms with Gasteiger partial charge in [0.05, 0.1) is 11.4 Å². The highest BCUT2D eigenvalue weighted by Gasteiger charge is 2.35. The Morgan fingerprint density at radius 3 is 2.68 bits per heavy atom. The minimum atomic E-state index is -0.327. The van der Waals surface area contributed by atoms with Gasteiger partial charge in [-0.15, -0.1) is 11.8 Å². The van der Waals surface area contributed by atoms with Gasteiger partial charge >= 0.3 is 0 Å². The van der Waals surface area contributed by atoms with Crippen LogP contribution in [0.1, 0.15) is 57.0 Å². The molecule has 0 bridgehead atoms. The largest absolute Gasteiger partial charge is 0.326 e. The van der Waals surface area contributed by atoms with E-state index in [1.165, 1.54) is 17.8 Å². The van der Waals surface area contributed by atoms with E-state index in [1.807, 2.05) is 24.3 Å². The van der Waals surface area contributed by atoms with E-state index in [-0.39, 0.29) is 34.3 Å². The van der Waals surface area contributed by atoms with Crippen molar-refractivity contribution in [1.82, 2.24) is 0 Å². The number of carbonyl (C=O) groups is 2. The van der Waals surface area contributed by atoms with Crippen LogP contribution in [-0.2, 0) is 9.59 Å². The van der Waals surface area contributed by atoms with Gasteiger partial charge in [0.2, 0.25) is 11.8 Å². The minimum Gasteiger partial charge on any atom is -0.326 e. The molecule has 2 aromatic rings. The highest BCUT2D eigenvalue weighted by Crippen LogP contribution is 2.43. The van der Waals surface area contributed by atoms with Crippen LogP contribution in [0.2, 0.25) is 0 Å². The van der Waals surface area contributed by atoms with Gasteiger partial charge in [0.15, 0.2) is 0 Å². The topological polar surface area (TPSA) is 49.4 Å². The maximum absolute atomic E-state index is 14.1. The summed E-state index contributed by atoms with van der Waals surface area (Å²) in [4.78, 5) is 26.8. The molecule has 2 unspecified atom stereocenters. The first-order valence-electron chi connectivity index (χ1n) is 10.6. The number of anilines is 2. The maximum atomic E-state index is 14.1. The van der Waals surface area contributed by atoms with Crippen LogP contribution in [0.3, 0.4) is 0 Å². The molecule has 1 aliphatic rings. The fourth-order valence-electron chi connectivity index (χ4n) is 4.20. The number of nitrogens with zero attached hydrogens (tertiary/aromatic N) is 1. The first kappa shape index (κ1) is 23.3. The Morgan fingerprint density at radius 2 is 1.97 bits per heavy atom. The van der Waals surface area contributed by atoms with Crippen LogP contribution >= 0.6 is 11.8 Å². The van der Waals surface area contributed by atoms with Crippen LogP contribution in [0, 0.1) is 24.1 Å². The van der Waals surface area contributed by atoms with Crippen LogP contribution < -0.4 is 10.2 Å². The summed E-state index contributed by atoms with van der Waals surface area (Å²) in [5, 5.41) is 2.74. The molecule has 0 aliphatic carbocycles. The van der Waals surface area contributed by atoms with Crippen LogP contribution in [-0.4, -0.2) is 17.6 Å². The molecule has 166 valence electrons. The Labute approximate surface area is 188 Å². The third-order valence-corrected chi connectivity index (χ3v) is 6.53. The third kappa shape index (κ3) is 5.88. The molecule has 31 heavy (non-hydrogen) atoms. The molecule has 0 saturated carbocycles. The van der Waals surface area contributed by atoms with E-state index in [0.717, 1.165) is 12.0 Å². The van der Waals surface area contributed by atoms with Crippen LogP contribution in [0.15, 0.2) is 42.5 Å². The average molecular weight is 443 g/mol. The van der Waals surface area contributed by atoms with Gasteiger partial charge in [-0.25, -0.2) is 4.39 Å². The van der Waals surface area contributed by atoms with E-state index in [9.17, 15) is 14.0 Å². The van der Waals surface area contributed by atoms with Crippen molar-refractivity contribution in [2.24, 2.45) is 11.3 Å². The Hall–Kier alpha value is -2.34. The lowest BCUT2D eigenvalue weighted by Gasteiger charge is -2.26. The number of carbonyl (C=O) groups excluding carboxylic acids is 2. The second kappa shape index (κ2) is 9.43. The summed E-state index contributed by atoms with van der Waals surface area (Å²) in [6.07, 6.45) is 1.44. The number of rotatable bonds is 6. The van der Waals surface area contributed by atoms with Crippen LogP contribution in [0.4, 0.5) is 15.8 Å². The fourth-order valence-corrected chi connectivity index (χ4v) is 5.36. The van der Waals surface area contributed by atoms with Crippen molar-refractivity contribution < 1.29 is 14.0 Å². The second-order valence-electron chi connectivity index (χ2n) is 9.56. The van der Waals surface area contributed by atoms with Gasteiger partial charge in [-0.2, -0.15) is 0 Å². The van der Waals surface area contributed by atoms with E-state index >= 15 is 0 Å². The number of halogens is 1. The molecule has 2 aromatic carbocycles. The molecule has 2 atom stereocenters. The molecular formula is C25H31FN2O2S. The molecule has 4 nitrogen and oxygen atoms in total. The SMILES string of the molecule is Cc1c(F)cccc1N1C(=O)CSC1c1cccc(NC(=O)CC(C)CC(C)(C)C)c1. The molecule has 1 saturated heterocycles. The zero-order valence-electron chi connectivity index (χ0n) is 18.9. The summed E-state index contributed by atoms with van der Waals surface area (Å²) in [6, 6.07) is 12.4. The van der Waals surface area contributed by atoms with E-state index in [2.05, 4.69) is 33.0 Å². The van der Waals surface area contributed by atoms with Crippen molar-refractivity contribution in [3.05, 3.63) is 59.4 Å². The minimum absolute atomic E-state index is 0.0121. The lowest BCUT2D eigenvalue weighted by atomic mass is 9.84. The predicted octanol–water partition coefficient (Wildman–Crippen LogP) is 6.31. The summed E-state index contributed by atoms with van der Waals surface area (Å²) >= 11 is 1.51. The normalized spacial score (nSPS) is 17.7. The Morgan fingerprint density at radius 1 is 1.26 bits per heavy atom. The van der Waals surface area contributed by atoms with Gasteiger partial charge in [-0.1, -0.05) is 45.9 Å². The van der Waals surface area contributed by atoms with Gasteiger partial charge in [-0.05, 0) is 54.5 Å². The number of hydrogen-bond donors (Lipinski definition) is 1. The summed E-state index contributed by atoms with van der Waals surface area (Å²) in [5.74, 6) is 0.238. The zero-order valence-corrected chi connectivity index (χ0v) is 19.7. The Bertz CT molecular complexity index is 970. The van der Waals surface area contributed by atoms with Crippen molar-refractivity contribution in [3.8, 4) is 0 Å². The van der Waals surface area contributed by atoms with Crippen LogP contribution in [0.25, 0.3) is 0 Å². The lowest BCUT2D eigenvalue weighted by molar-refractivity contribution is -0.117. The van der Waals surface area contributed by atoms with Gasteiger partial charge < -0.3 is 5.32 Å². The lowest BCUT2D eigenvalue weighted by Crippen LogP contribution is -2.28. The number of thioether (sulfide) groups is 1. The molecular weight excluding hydrogens is 411 g/mol. The molecule has 1 heterocycles. The number of hydrogen-bond acceptors (Lipinski definition) is 3. The van der Waals surface area contributed by atoms with Gasteiger partial charge in [0, 0.05) is 17.7 Å². The van der Waals surface area contributed by atoms with Crippen molar-refractivity contribution >= 4 is 35.0 Å². The molecule has 1 fully saturated rings. The molecule has 6 heteroatoms. The smallest absolute Gasteiger partial charge is 0.238 e. The number of benzene rings is 2. The predicted molar refractivity (Wildman–Crippen MR) is 127 cm³/mol. The van der Waals surface area contributed by atoms with E-state index in [4.69, 9.17) is 0 Å². The summed E-state index contributed by atoms with van der Waals surface area (Å²) in [7, 11) is 0. The third-order valence-electron chi connectivity index (χ3n) is 5.32. The second-order valence-corrected chi connectivity index (χ2v) is 10.6. The summed E-state index contributed by atoms with van der Waals surface area (Å²) in [5.41, 5.74) is 2.84. The molecule has 2 amide bonds. The monoisotopic (exact) mass is 442 g/mol. The molecule has 3 rings (SSSR count). The fraction of sp³-hybridized carbons (Fsp3) is 0.440. The quantitative estimate of drug-likeness (QED) is 0.570. The zero-order chi connectivity index (χ0) is 22.8. The first-order chi connectivity index (χ1) is 14.5. The molecule has 0 spiro atoms. The maximum Gasteiger partial charge on any atom is 0.238 e. The van der Waals surface area contributed by atoms with E-state index in [1.54, 1.807) is 24.0 Å². The van der Waals surface area contributed by atoms with Gasteiger partial charge in [0.25, 0.3) is 0 Å². The number of nitrogens with one attached hydrogen (secondary N) is 1. The highest BCUT2D eigenvalue weighted by atomic mass is 32.2. The molecule has 0 radical (unpaired) electrons. The first-order valence-corrected chi connectivity index (χ1v) is 11.7. The van der Waals surface area contributed by atoms with Crippen molar-refractivity contribution in [2.75, 3.05) is 16.0 Å². The van der Waals surface area contributed by atoms with Crippen molar-refractivity contribution in [1.29, 1.82) is 0 Å². The van der Waals surface area contributed by atoms with E-state index < -0.39 is 0 Å². The molecule has 1 N–H and O–H groups in total. The Kier molecular flexibility index (Phi) is 7.10. The highest BCUT2D eigenvalue weighted by molar-refractivity contribution is 8.00. The molecule has 0 aromatic heterocycles. The average Bonchev–Trinajstić information content (AvgIpc) is 3.04. The van der Waals surface area contributed by atoms with Crippen LogP contribution in [0.5, 0.6) is 0 Å². The van der Waals surface area contributed by atoms with Gasteiger partial charge in [-0.3, -0.25) is 14.5 Å². The summed E-state index contributed by atoms with van der Waals surface area (Å²) in [6.45, 7) is 10.3.